The lowest BCUT2D eigenvalue weighted by Gasteiger charge is -2.37. The number of aliphatic hydroxyl groups excluding tert-OH is 1. The molecule has 0 saturated carbocycles. The molecule has 2 saturated heterocycles. The minimum Gasteiger partial charge on any atom is -0.497 e. The smallest absolute Gasteiger partial charge is 0.414 e. The van der Waals surface area contributed by atoms with Gasteiger partial charge in [-0.05, 0) is 47.0 Å². The van der Waals surface area contributed by atoms with E-state index in [1.165, 1.54) is 0 Å². The van der Waals surface area contributed by atoms with Crippen LogP contribution in [0.3, 0.4) is 0 Å². The van der Waals surface area contributed by atoms with Crippen molar-refractivity contribution in [2.24, 2.45) is 5.92 Å². The third-order valence-corrected chi connectivity index (χ3v) is 15.7. The number of hydrogen-bond acceptors (Lipinski definition) is 7. The van der Waals surface area contributed by atoms with E-state index in [0.29, 0.717) is 30.9 Å². The van der Waals surface area contributed by atoms with Crippen LogP contribution in [0.25, 0.3) is 0 Å². The SMILES string of the molecule is COc1ccc([Si](C)(C)[C@H]2[C@H](CC(=O)N(CCO)Cc3ccccc3)O[C@@]3(C(=O)N(Cc4ccccc4)c4ccc(N5CCOC5=O)cc43)[C@@H]2C)cc1. The number of nitrogens with zero attached hydrogens (tertiary/aromatic N) is 3. The Labute approximate surface area is 311 Å². The molecule has 3 aliphatic rings. The Balaban J connectivity index is 1.34. The number of benzene rings is 4. The van der Waals surface area contributed by atoms with Gasteiger partial charge in [0, 0.05) is 30.3 Å². The molecule has 11 heteroatoms. The van der Waals surface area contributed by atoms with Gasteiger partial charge in [-0.25, -0.2) is 4.79 Å². The van der Waals surface area contributed by atoms with Crippen molar-refractivity contribution in [3.05, 3.63) is 120 Å². The Morgan fingerprint density at radius 3 is 2.26 bits per heavy atom. The van der Waals surface area contributed by atoms with Crippen LogP contribution in [-0.2, 0) is 37.8 Å². The fraction of sp³-hybridized carbons (Fsp3) is 0.357. The second-order valence-electron chi connectivity index (χ2n) is 14.7. The van der Waals surface area contributed by atoms with Crippen molar-refractivity contribution in [2.75, 3.05) is 43.2 Å². The molecule has 0 bridgehead atoms. The summed E-state index contributed by atoms with van der Waals surface area (Å²) in [6.45, 7) is 8.02. The highest BCUT2D eigenvalue weighted by molar-refractivity contribution is 6.91. The molecule has 0 aromatic heterocycles. The summed E-state index contributed by atoms with van der Waals surface area (Å²) in [5.74, 6) is 0.0720. The molecule has 53 heavy (non-hydrogen) atoms. The number of aliphatic hydroxyl groups is 1. The van der Waals surface area contributed by atoms with Gasteiger partial charge in [0.25, 0.3) is 5.91 Å². The molecule has 4 atom stereocenters. The first-order valence-corrected chi connectivity index (χ1v) is 21.4. The average molecular weight is 734 g/mol. The number of carbonyl (C=O) groups is 3. The zero-order chi connectivity index (χ0) is 37.3. The molecule has 0 radical (unpaired) electrons. The van der Waals surface area contributed by atoms with Gasteiger partial charge in [-0.2, -0.15) is 0 Å². The molecule has 0 unspecified atom stereocenters. The minimum absolute atomic E-state index is 0.0373. The Morgan fingerprint density at radius 1 is 0.962 bits per heavy atom. The largest absolute Gasteiger partial charge is 0.497 e. The summed E-state index contributed by atoms with van der Waals surface area (Å²) < 4.78 is 18.0. The van der Waals surface area contributed by atoms with Crippen molar-refractivity contribution in [1.29, 1.82) is 0 Å². The topological polar surface area (TPSA) is 109 Å². The molecule has 3 heterocycles. The van der Waals surface area contributed by atoms with Crippen molar-refractivity contribution in [1.82, 2.24) is 4.90 Å². The van der Waals surface area contributed by atoms with Crippen molar-refractivity contribution in [3.63, 3.8) is 0 Å². The van der Waals surface area contributed by atoms with Crippen LogP contribution in [0.15, 0.2) is 103 Å². The van der Waals surface area contributed by atoms with E-state index >= 15 is 4.79 Å². The summed E-state index contributed by atoms with van der Waals surface area (Å²) in [5, 5.41) is 11.2. The van der Waals surface area contributed by atoms with E-state index in [1.54, 1.807) is 21.8 Å². The van der Waals surface area contributed by atoms with Gasteiger partial charge in [0.2, 0.25) is 5.91 Å². The molecule has 4 aromatic rings. The van der Waals surface area contributed by atoms with Gasteiger partial charge in [-0.1, -0.05) is 98.0 Å². The third kappa shape index (κ3) is 6.62. The standard InChI is InChI=1S/C42H47N3O7Si/c1-29-39(53(3,4)34-18-16-33(50-2)17-19-34)37(26-38(47)43(21-23-46)27-30-11-7-5-8-12-30)52-42(29)35-25-32(44-22-24-51-41(44)49)15-20-36(35)45(40(42)48)28-31-13-9-6-10-14-31/h5-20,25,29,37,39,46H,21-24,26-28H2,1-4H3/t29-,37+,39-,42+/m1/s1. The fourth-order valence-corrected chi connectivity index (χ4v) is 12.7. The molecule has 3 amide bonds. The normalized spacial score (nSPS) is 22.3. The first-order chi connectivity index (χ1) is 25.6. The predicted octanol–water partition coefficient (Wildman–Crippen LogP) is 5.83. The fourth-order valence-electron chi connectivity index (χ4n) is 8.74. The molecular weight excluding hydrogens is 687 g/mol. The van der Waals surface area contributed by atoms with E-state index in [0.717, 1.165) is 27.8 Å². The molecule has 276 valence electrons. The second-order valence-corrected chi connectivity index (χ2v) is 19.4. The van der Waals surface area contributed by atoms with Gasteiger partial charge in [0.15, 0.2) is 5.60 Å². The lowest BCUT2D eigenvalue weighted by atomic mass is 9.82. The Morgan fingerprint density at radius 2 is 1.64 bits per heavy atom. The van der Waals surface area contributed by atoms with Crippen molar-refractivity contribution < 1.29 is 33.7 Å². The number of anilines is 2. The molecule has 2 fully saturated rings. The van der Waals surface area contributed by atoms with Crippen LogP contribution in [0.5, 0.6) is 5.75 Å². The number of methoxy groups -OCH3 is 1. The summed E-state index contributed by atoms with van der Waals surface area (Å²) in [6.07, 6.45) is -1.01. The summed E-state index contributed by atoms with van der Waals surface area (Å²) >= 11 is 0. The number of amides is 3. The highest BCUT2D eigenvalue weighted by Crippen LogP contribution is 2.60. The number of ether oxygens (including phenoxy) is 3. The molecule has 10 nitrogen and oxygen atoms in total. The van der Waals surface area contributed by atoms with Gasteiger partial charge < -0.3 is 29.1 Å². The zero-order valence-corrected chi connectivity index (χ0v) is 31.7. The molecule has 4 aromatic carbocycles. The Bertz CT molecular complexity index is 1960. The quantitative estimate of drug-likeness (QED) is 0.183. The highest BCUT2D eigenvalue weighted by Gasteiger charge is 2.66. The van der Waals surface area contributed by atoms with Crippen LogP contribution in [0.4, 0.5) is 16.2 Å². The summed E-state index contributed by atoms with van der Waals surface area (Å²) in [6, 6.07) is 33.4. The Kier molecular flexibility index (Phi) is 10.2. The van der Waals surface area contributed by atoms with Crippen LogP contribution in [0.2, 0.25) is 18.6 Å². The van der Waals surface area contributed by atoms with Gasteiger partial charge >= 0.3 is 6.09 Å². The van der Waals surface area contributed by atoms with Crippen LogP contribution in [0, 0.1) is 5.92 Å². The van der Waals surface area contributed by atoms with Crippen molar-refractivity contribution >= 4 is 42.5 Å². The minimum atomic E-state index is -2.55. The van der Waals surface area contributed by atoms with Gasteiger partial charge in [-0.3, -0.25) is 14.5 Å². The van der Waals surface area contributed by atoms with E-state index in [1.807, 2.05) is 91.0 Å². The maximum absolute atomic E-state index is 15.3. The molecule has 0 aliphatic carbocycles. The summed E-state index contributed by atoms with van der Waals surface area (Å²) in [4.78, 5) is 47.5. The summed E-state index contributed by atoms with van der Waals surface area (Å²) in [7, 11) is -0.906. The number of rotatable bonds is 12. The van der Waals surface area contributed by atoms with Crippen LogP contribution >= 0.6 is 0 Å². The number of fused-ring (bicyclic) bond motifs is 2. The van der Waals surface area contributed by atoms with Crippen LogP contribution in [-0.4, -0.2) is 75.5 Å². The highest BCUT2D eigenvalue weighted by atomic mass is 28.3. The van der Waals surface area contributed by atoms with Gasteiger partial charge in [0.05, 0.1) is 53.1 Å². The Hall–Kier alpha value is -4.97. The van der Waals surface area contributed by atoms with Gasteiger partial charge in [-0.15, -0.1) is 0 Å². The number of carbonyl (C=O) groups excluding carboxylic acids is 3. The number of hydrogen-bond donors (Lipinski definition) is 1. The van der Waals surface area contributed by atoms with Crippen LogP contribution in [0.1, 0.15) is 30.0 Å². The average Bonchev–Trinajstić information content (AvgIpc) is 3.80. The molecule has 1 spiro atoms. The van der Waals surface area contributed by atoms with Crippen molar-refractivity contribution in [3.8, 4) is 5.75 Å². The monoisotopic (exact) mass is 733 g/mol. The first-order valence-electron chi connectivity index (χ1n) is 18.3. The molecular formula is C42H47N3O7Si. The van der Waals surface area contributed by atoms with E-state index in [2.05, 4.69) is 32.2 Å². The maximum atomic E-state index is 15.3. The third-order valence-electron chi connectivity index (χ3n) is 11.4. The van der Waals surface area contributed by atoms with Gasteiger partial charge in [0.1, 0.15) is 12.4 Å². The predicted molar refractivity (Wildman–Crippen MR) is 206 cm³/mol. The maximum Gasteiger partial charge on any atom is 0.414 e. The zero-order valence-electron chi connectivity index (χ0n) is 30.7. The van der Waals surface area contributed by atoms with E-state index in [4.69, 9.17) is 14.2 Å². The lowest BCUT2D eigenvalue weighted by Crippen LogP contribution is -2.52. The molecule has 3 aliphatic heterocycles. The molecule has 1 N–H and O–H groups in total. The van der Waals surface area contributed by atoms with E-state index < -0.39 is 25.9 Å². The van der Waals surface area contributed by atoms with Crippen LogP contribution < -0.4 is 19.7 Å². The molecule has 7 rings (SSSR count). The lowest BCUT2D eigenvalue weighted by molar-refractivity contribution is -0.150. The van der Waals surface area contributed by atoms with E-state index in [-0.39, 0.29) is 49.5 Å². The van der Waals surface area contributed by atoms with E-state index in [9.17, 15) is 14.7 Å². The number of cyclic esters (lactones) is 1. The van der Waals surface area contributed by atoms with Crippen molar-refractivity contribution in [2.45, 2.75) is 56.8 Å². The second kappa shape index (κ2) is 14.8. The first kappa shape index (κ1) is 36.4. The summed E-state index contributed by atoms with van der Waals surface area (Å²) in [5.41, 5.74) is 2.38.